The molecule has 0 aromatic heterocycles. The molecule has 0 spiro atoms. The fourth-order valence-corrected chi connectivity index (χ4v) is 4.31. The van der Waals surface area contributed by atoms with Gasteiger partial charge < -0.3 is 15.9 Å². The minimum Gasteiger partial charge on any atom is -0.389 e. The molecule has 1 aliphatic rings. The third-order valence-corrected chi connectivity index (χ3v) is 6.22. The topological polar surface area (TPSA) is 66.5 Å². The number of hydrogen-bond acceptors (Lipinski definition) is 4. The number of nitrogens with two attached hydrogens (primary N) is 1. The quantitative estimate of drug-likeness (QED) is 0.385. The van der Waals surface area contributed by atoms with E-state index in [-0.39, 0.29) is 0 Å². The molecule has 0 amide bonds. The molecule has 1 aromatic carbocycles. The van der Waals surface area contributed by atoms with E-state index in [9.17, 15) is 10.2 Å². The molecule has 0 heterocycles. The maximum absolute atomic E-state index is 10.4. The summed E-state index contributed by atoms with van der Waals surface area (Å²) in [6.07, 6.45) is 4.60. The summed E-state index contributed by atoms with van der Waals surface area (Å²) >= 11 is 3.71. The summed E-state index contributed by atoms with van der Waals surface area (Å²) in [5.41, 5.74) is 5.93. The molecule has 5 heteroatoms. The molecule has 1 saturated carbocycles. The van der Waals surface area contributed by atoms with Gasteiger partial charge in [0.25, 0.3) is 0 Å². The zero-order valence-electron chi connectivity index (χ0n) is 11.5. The molecular weight excluding hydrogens is 385 g/mol. The van der Waals surface area contributed by atoms with Crippen LogP contribution in [-0.4, -0.2) is 28.1 Å². The molecule has 0 radical (unpaired) electrons. The monoisotopic (exact) mass is 407 g/mol. The maximum Gasteiger partial charge on any atom is 0.142 e. The van der Waals surface area contributed by atoms with Gasteiger partial charge in [-0.3, -0.25) is 0 Å². The smallest absolute Gasteiger partial charge is 0.142 e. The SMILES string of the molecule is NCCC(O)(I)c1cccc(SCC2(O)CCCC2)c1. The lowest BCUT2D eigenvalue weighted by molar-refractivity contribution is 0.0732. The van der Waals surface area contributed by atoms with Crippen LogP contribution in [0.4, 0.5) is 0 Å². The molecule has 2 rings (SSSR count). The Morgan fingerprint density at radius 3 is 2.70 bits per heavy atom. The Kier molecular flexibility index (Phi) is 5.76. The van der Waals surface area contributed by atoms with Crippen molar-refractivity contribution in [3.63, 3.8) is 0 Å². The summed E-state index contributed by atoms with van der Waals surface area (Å²) in [5, 5.41) is 20.8. The number of thioether (sulfide) groups is 1. The Labute approximate surface area is 138 Å². The van der Waals surface area contributed by atoms with Gasteiger partial charge in [-0.05, 0) is 59.7 Å². The molecule has 4 N–H and O–H groups in total. The lowest BCUT2D eigenvalue weighted by Crippen LogP contribution is -2.27. The van der Waals surface area contributed by atoms with E-state index in [1.54, 1.807) is 11.8 Å². The number of halogens is 1. The lowest BCUT2D eigenvalue weighted by atomic mass is 10.1. The Hall–Kier alpha value is 0.180. The second-order valence-electron chi connectivity index (χ2n) is 5.55. The van der Waals surface area contributed by atoms with Gasteiger partial charge in [0, 0.05) is 17.1 Å². The molecule has 0 saturated heterocycles. The van der Waals surface area contributed by atoms with Crippen molar-refractivity contribution < 1.29 is 10.2 Å². The molecule has 0 aliphatic heterocycles. The second kappa shape index (κ2) is 6.96. The summed E-state index contributed by atoms with van der Waals surface area (Å²) in [6.45, 7) is 0.455. The number of benzene rings is 1. The van der Waals surface area contributed by atoms with Crippen molar-refractivity contribution in [2.75, 3.05) is 12.3 Å². The largest absolute Gasteiger partial charge is 0.389 e. The number of aliphatic hydroxyl groups is 2. The third-order valence-electron chi connectivity index (χ3n) is 3.79. The van der Waals surface area contributed by atoms with Gasteiger partial charge in [-0.2, -0.15) is 0 Å². The number of alkyl halides is 1. The van der Waals surface area contributed by atoms with Crippen LogP contribution < -0.4 is 5.73 Å². The van der Waals surface area contributed by atoms with E-state index in [1.165, 1.54) is 0 Å². The summed E-state index contributed by atoms with van der Waals surface area (Å²) < 4.78 is -0.909. The first kappa shape index (κ1) is 16.5. The maximum atomic E-state index is 10.4. The van der Waals surface area contributed by atoms with Gasteiger partial charge >= 0.3 is 0 Å². The summed E-state index contributed by atoms with van der Waals surface area (Å²) in [4.78, 5) is 1.09. The van der Waals surface area contributed by atoms with Crippen LogP contribution >= 0.6 is 34.4 Å². The van der Waals surface area contributed by atoms with Gasteiger partial charge in [0.15, 0.2) is 0 Å². The van der Waals surface area contributed by atoms with E-state index in [1.807, 2.05) is 46.9 Å². The first-order valence-corrected chi connectivity index (χ1v) is 9.09. The summed E-state index contributed by atoms with van der Waals surface area (Å²) in [7, 11) is 0. The van der Waals surface area contributed by atoms with Crippen molar-refractivity contribution in [2.24, 2.45) is 5.73 Å². The zero-order valence-corrected chi connectivity index (χ0v) is 14.5. The van der Waals surface area contributed by atoms with Crippen molar-refractivity contribution in [3.8, 4) is 0 Å². The molecule has 3 nitrogen and oxygen atoms in total. The number of hydrogen-bond donors (Lipinski definition) is 3. The average molecular weight is 407 g/mol. The van der Waals surface area contributed by atoms with E-state index >= 15 is 0 Å². The lowest BCUT2D eigenvalue weighted by Gasteiger charge is -2.23. The van der Waals surface area contributed by atoms with E-state index in [2.05, 4.69) is 0 Å². The highest BCUT2D eigenvalue weighted by Crippen LogP contribution is 2.37. The van der Waals surface area contributed by atoms with Gasteiger partial charge in [-0.25, -0.2) is 0 Å². The average Bonchev–Trinajstić information content (AvgIpc) is 2.84. The molecule has 0 bridgehead atoms. The minimum atomic E-state index is -0.909. The van der Waals surface area contributed by atoms with Gasteiger partial charge in [-0.15, -0.1) is 11.8 Å². The highest BCUT2D eigenvalue weighted by Gasteiger charge is 2.31. The van der Waals surface area contributed by atoms with Crippen LogP contribution in [-0.2, 0) is 3.61 Å². The Morgan fingerprint density at radius 2 is 2.05 bits per heavy atom. The van der Waals surface area contributed by atoms with Crippen molar-refractivity contribution >= 4 is 34.4 Å². The highest BCUT2D eigenvalue weighted by molar-refractivity contribution is 14.1. The van der Waals surface area contributed by atoms with Crippen molar-refractivity contribution in [1.82, 2.24) is 0 Å². The van der Waals surface area contributed by atoms with Crippen LogP contribution in [0.5, 0.6) is 0 Å². The van der Waals surface area contributed by atoms with E-state index in [0.717, 1.165) is 41.9 Å². The predicted octanol–water partition coefficient (Wildman–Crippen LogP) is 3.01. The van der Waals surface area contributed by atoms with Gasteiger partial charge in [0.2, 0.25) is 0 Å². The minimum absolute atomic E-state index is 0.455. The van der Waals surface area contributed by atoms with Crippen LogP contribution in [0.3, 0.4) is 0 Å². The van der Waals surface area contributed by atoms with E-state index in [0.29, 0.717) is 13.0 Å². The Bertz CT molecular complexity index is 447. The first-order chi connectivity index (χ1) is 9.45. The van der Waals surface area contributed by atoms with E-state index in [4.69, 9.17) is 5.73 Å². The zero-order chi connectivity index (χ0) is 14.6. The van der Waals surface area contributed by atoms with Crippen LogP contribution in [0.15, 0.2) is 29.2 Å². The summed E-state index contributed by atoms with van der Waals surface area (Å²) in [5.74, 6) is 0.729. The van der Waals surface area contributed by atoms with Crippen molar-refractivity contribution in [2.45, 2.75) is 46.2 Å². The molecular formula is C15H22INO2S. The van der Waals surface area contributed by atoms with Crippen molar-refractivity contribution in [3.05, 3.63) is 29.8 Å². The third kappa shape index (κ3) is 4.34. The predicted molar refractivity (Wildman–Crippen MR) is 92.2 cm³/mol. The second-order valence-corrected chi connectivity index (χ2v) is 8.38. The molecule has 20 heavy (non-hydrogen) atoms. The fraction of sp³-hybridized carbons (Fsp3) is 0.600. The normalized spacial score (nSPS) is 20.8. The molecule has 1 fully saturated rings. The van der Waals surface area contributed by atoms with E-state index < -0.39 is 9.21 Å². The van der Waals surface area contributed by atoms with Gasteiger partial charge in [0.05, 0.1) is 5.60 Å². The fourth-order valence-electron chi connectivity index (χ4n) is 2.55. The van der Waals surface area contributed by atoms with Gasteiger partial charge in [-0.1, -0.05) is 25.0 Å². The van der Waals surface area contributed by atoms with Crippen LogP contribution in [0, 0.1) is 0 Å². The molecule has 1 aliphatic carbocycles. The molecule has 1 atom stereocenters. The van der Waals surface area contributed by atoms with Gasteiger partial charge in [0.1, 0.15) is 3.61 Å². The van der Waals surface area contributed by atoms with Crippen LogP contribution in [0.1, 0.15) is 37.7 Å². The molecule has 112 valence electrons. The summed E-state index contributed by atoms with van der Waals surface area (Å²) in [6, 6.07) is 7.92. The Morgan fingerprint density at radius 1 is 1.35 bits per heavy atom. The Balaban J connectivity index is 2.02. The standard InChI is InChI=1S/C15H22INO2S/c16-15(19,8-9-17)12-4-3-5-13(10-12)20-11-14(18)6-1-2-7-14/h3-5,10,18-19H,1-2,6-9,11,17H2. The molecule has 1 unspecified atom stereocenters. The molecule has 1 aromatic rings. The van der Waals surface area contributed by atoms with Crippen LogP contribution in [0.25, 0.3) is 0 Å². The first-order valence-electron chi connectivity index (χ1n) is 7.02. The highest BCUT2D eigenvalue weighted by atomic mass is 127. The van der Waals surface area contributed by atoms with Crippen LogP contribution in [0.2, 0.25) is 0 Å². The number of rotatable bonds is 6. The van der Waals surface area contributed by atoms with Crippen molar-refractivity contribution in [1.29, 1.82) is 0 Å².